The van der Waals surface area contributed by atoms with Gasteiger partial charge in [-0.15, -0.1) is 11.8 Å². The zero-order valence-electron chi connectivity index (χ0n) is 12.3. The van der Waals surface area contributed by atoms with Crippen molar-refractivity contribution in [3.05, 3.63) is 64.2 Å². The number of hydrogen-bond donors (Lipinski definition) is 1. The van der Waals surface area contributed by atoms with Crippen LogP contribution >= 0.6 is 23.4 Å². The van der Waals surface area contributed by atoms with E-state index in [4.69, 9.17) is 11.6 Å². The quantitative estimate of drug-likeness (QED) is 0.907. The van der Waals surface area contributed by atoms with Crippen molar-refractivity contribution in [3.8, 4) is 0 Å². The van der Waals surface area contributed by atoms with E-state index in [0.717, 1.165) is 11.1 Å². The number of para-hydroxylation sites is 1. The number of carbonyl (C=O) groups is 2. The van der Waals surface area contributed by atoms with E-state index in [2.05, 4.69) is 0 Å². The van der Waals surface area contributed by atoms with Crippen LogP contribution in [0, 0.1) is 6.92 Å². The number of aromatic carboxylic acids is 1. The third-order valence-corrected chi connectivity index (χ3v) is 5.20. The van der Waals surface area contributed by atoms with Crippen LogP contribution in [0.4, 0.5) is 5.69 Å². The van der Waals surface area contributed by atoms with Crippen molar-refractivity contribution in [3.63, 3.8) is 0 Å². The Morgan fingerprint density at radius 1 is 1.26 bits per heavy atom. The number of benzene rings is 2. The molecule has 1 saturated heterocycles. The third kappa shape index (κ3) is 2.94. The summed E-state index contributed by atoms with van der Waals surface area (Å²) in [6.45, 7) is 1.82. The second-order valence-electron chi connectivity index (χ2n) is 5.25. The number of carbonyl (C=O) groups excluding carboxylic acids is 1. The third-order valence-electron chi connectivity index (χ3n) is 3.73. The van der Waals surface area contributed by atoms with Gasteiger partial charge in [0, 0.05) is 5.02 Å². The van der Waals surface area contributed by atoms with Crippen molar-refractivity contribution in [1.29, 1.82) is 0 Å². The Balaban J connectivity index is 2.11. The van der Waals surface area contributed by atoms with E-state index < -0.39 is 5.97 Å². The Morgan fingerprint density at radius 2 is 1.96 bits per heavy atom. The maximum absolute atomic E-state index is 12.4. The summed E-state index contributed by atoms with van der Waals surface area (Å²) in [5.41, 5.74) is 2.29. The molecule has 1 amide bonds. The average Bonchev–Trinajstić information content (AvgIpc) is 2.89. The second-order valence-corrected chi connectivity index (χ2v) is 6.76. The number of hydrogen-bond acceptors (Lipinski definition) is 3. The number of carboxylic acids is 1. The summed E-state index contributed by atoms with van der Waals surface area (Å²) >= 11 is 7.41. The molecule has 4 nitrogen and oxygen atoms in total. The first-order chi connectivity index (χ1) is 11.0. The van der Waals surface area contributed by atoms with Gasteiger partial charge >= 0.3 is 5.97 Å². The molecule has 1 aliphatic rings. The van der Waals surface area contributed by atoms with Crippen LogP contribution in [0.15, 0.2) is 42.5 Å². The molecular formula is C17H14ClNO3S. The fourth-order valence-electron chi connectivity index (χ4n) is 2.69. The SMILES string of the molecule is Cc1cccc(C(=O)O)c1N1C(=O)CSC1c1ccc(Cl)cc1. The number of rotatable bonds is 3. The summed E-state index contributed by atoms with van der Waals surface area (Å²) in [5, 5.41) is 9.84. The van der Waals surface area contributed by atoms with Crippen LogP contribution in [-0.2, 0) is 4.79 Å². The van der Waals surface area contributed by atoms with Gasteiger partial charge in [0.2, 0.25) is 5.91 Å². The van der Waals surface area contributed by atoms with Crippen LogP contribution < -0.4 is 4.90 Å². The van der Waals surface area contributed by atoms with Gasteiger partial charge in [-0.3, -0.25) is 9.69 Å². The fourth-order valence-corrected chi connectivity index (χ4v) is 3.98. The van der Waals surface area contributed by atoms with Gasteiger partial charge in [-0.05, 0) is 36.2 Å². The van der Waals surface area contributed by atoms with Gasteiger partial charge in [0.25, 0.3) is 0 Å². The molecule has 3 rings (SSSR count). The summed E-state index contributed by atoms with van der Waals surface area (Å²) in [7, 11) is 0. The molecule has 1 heterocycles. The summed E-state index contributed by atoms with van der Waals surface area (Å²) < 4.78 is 0. The van der Waals surface area contributed by atoms with Crippen LogP contribution in [0.1, 0.15) is 26.9 Å². The first kappa shape index (κ1) is 15.9. The highest BCUT2D eigenvalue weighted by Gasteiger charge is 2.36. The lowest BCUT2D eigenvalue weighted by Crippen LogP contribution is -2.30. The van der Waals surface area contributed by atoms with E-state index >= 15 is 0 Å². The van der Waals surface area contributed by atoms with Gasteiger partial charge in [0.1, 0.15) is 5.37 Å². The lowest BCUT2D eigenvalue weighted by molar-refractivity contribution is -0.115. The molecule has 0 aromatic heterocycles. The number of nitrogens with zero attached hydrogens (tertiary/aromatic N) is 1. The first-order valence-corrected chi connectivity index (χ1v) is 8.43. The van der Waals surface area contributed by atoms with Gasteiger partial charge in [0.15, 0.2) is 0 Å². The molecular weight excluding hydrogens is 334 g/mol. The van der Waals surface area contributed by atoms with E-state index in [1.165, 1.54) is 17.8 Å². The van der Waals surface area contributed by atoms with Crippen molar-refractivity contribution in [2.45, 2.75) is 12.3 Å². The number of halogens is 1. The Labute approximate surface area is 143 Å². The summed E-state index contributed by atoms with van der Waals surface area (Å²) in [6.07, 6.45) is 0. The van der Waals surface area contributed by atoms with E-state index in [1.54, 1.807) is 23.1 Å². The molecule has 0 bridgehead atoms. The molecule has 0 radical (unpaired) electrons. The predicted molar refractivity (Wildman–Crippen MR) is 92.3 cm³/mol. The van der Waals surface area contributed by atoms with Crippen molar-refractivity contribution >= 4 is 40.9 Å². The number of thioether (sulfide) groups is 1. The normalized spacial score (nSPS) is 17.6. The Bertz CT molecular complexity index is 776. The minimum Gasteiger partial charge on any atom is -0.478 e. The summed E-state index contributed by atoms with van der Waals surface area (Å²) in [5.74, 6) is -0.809. The van der Waals surface area contributed by atoms with Crippen molar-refractivity contribution in [2.75, 3.05) is 10.7 Å². The zero-order chi connectivity index (χ0) is 16.6. The van der Waals surface area contributed by atoms with E-state index in [1.807, 2.05) is 25.1 Å². The average molecular weight is 348 g/mol. The van der Waals surface area contributed by atoms with Gasteiger partial charge < -0.3 is 5.11 Å². The van der Waals surface area contributed by atoms with Crippen molar-refractivity contribution in [1.82, 2.24) is 0 Å². The van der Waals surface area contributed by atoms with Crippen LogP contribution in [-0.4, -0.2) is 22.7 Å². The van der Waals surface area contributed by atoms with E-state index in [9.17, 15) is 14.7 Å². The topological polar surface area (TPSA) is 57.6 Å². The molecule has 6 heteroatoms. The summed E-state index contributed by atoms with van der Waals surface area (Å²) in [4.78, 5) is 25.6. The molecule has 1 fully saturated rings. The molecule has 0 aliphatic carbocycles. The van der Waals surface area contributed by atoms with Gasteiger partial charge in [0.05, 0.1) is 17.0 Å². The molecule has 0 spiro atoms. The smallest absolute Gasteiger partial charge is 0.337 e. The maximum Gasteiger partial charge on any atom is 0.337 e. The highest BCUT2D eigenvalue weighted by molar-refractivity contribution is 8.00. The van der Waals surface area contributed by atoms with Crippen LogP contribution in [0.25, 0.3) is 0 Å². The minimum absolute atomic E-state index is 0.0910. The highest BCUT2D eigenvalue weighted by atomic mass is 35.5. The van der Waals surface area contributed by atoms with Crippen molar-refractivity contribution in [2.24, 2.45) is 0 Å². The molecule has 1 aliphatic heterocycles. The zero-order valence-corrected chi connectivity index (χ0v) is 13.9. The van der Waals surface area contributed by atoms with Crippen molar-refractivity contribution < 1.29 is 14.7 Å². The van der Waals surface area contributed by atoms with Crippen LogP contribution in [0.3, 0.4) is 0 Å². The lowest BCUT2D eigenvalue weighted by atomic mass is 10.1. The molecule has 118 valence electrons. The predicted octanol–water partition coefficient (Wildman–Crippen LogP) is 4.13. The molecule has 23 heavy (non-hydrogen) atoms. The maximum atomic E-state index is 12.4. The lowest BCUT2D eigenvalue weighted by Gasteiger charge is -2.27. The van der Waals surface area contributed by atoms with Gasteiger partial charge in [-0.1, -0.05) is 35.9 Å². The second kappa shape index (κ2) is 6.26. The molecule has 1 unspecified atom stereocenters. The molecule has 1 atom stereocenters. The molecule has 2 aromatic rings. The molecule has 1 N–H and O–H groups in total. The van der Waals surface area contributed by atoms with E-state index in [-0.39, 0.29) is 16.8 Å². The monoisotopic (exact) mass is 347 g/mol. The Kier molecular flexibility index (Phi) is 4.33. The number of amides is 1. The number of aryl methyl sites for hydroxylation is 1. The first-order valence-electron chi connectivity index (χ1n) is 7.01. The van der Waals surface area contributed by atoms with Crippen LogP contribution in [0.2, 0.25) is 5.02 Å². The number of anilines is 1. The minimum atomic E-state index is -1.04. The van der Waals surface area contributed by atoms with Gasteiger partial charge in [-0.2, -0.15) is 0 Å². The standard InChI is InChI=1S/C17H14ClNO3S/c1-10-3-2-4-13(17(21)22)15(10)19-14(20)9-23-16(19)11-5-7-12(18)8-6-11/h2-8,16H,9H2,1H3,(H,21,22). The van der Waals surface area contributed by atoms with Crippen LogP contribution in [0.5, 0.6) is 0 Å². The fraction of sp³-hybridized carbons (Fsp3) is 0.176. The molecule has 0 saturated carbocycles. The molecule has 2 aromatic carbocycles. The van der Waals surface area contributed by atoms with Gasteiger partial charge in [-0.25, -0.2) is 4.79 Å². The van der Waals surface area contributed by atoms with E-state index in [0.29, 0.717) is 16.5 Å². The largest absolute Gasteiger partial charge is 0.478 e. The summed E-state index contributed by atoms with van der Waals surface area (Å²) in [6, 6.07) is 12.3. The Hall–Kier alpha value is -1.98. The number of carboxylic acid groups (broad SMARTS) is 1. The Morgan fingerprint density at radius 3 is 2.61 bits per heavy atom. The highest BCUT2D eigenvalue weighted by Crippen LogP contribution is 2.44.